The van der Waals surface area contributed by atoms with Gasteiger partial charge in [-0.1, -0.05) is 26.0 Å². The third kappa shape index (κ3) is 3.80. The van der Waals surface area contributed by atoms with Gasteiger partial charge in [0.15, 0.2) is 0 Å². The SMILES string of the molecule is CCC(C)c1ccc(NC(=O)[C@H]2CCCNC2)cc1. The molecule has 104 valence electrons. The molecule has 0 aliphatic carbocycles. The van der Waals surface area contributed by atoms with Gasteiger partial charge in [-0.15, -0.1) is 0 Å². The van der Waals surface area contributed by atoms with Crippen LogP contribution in [0, 0.1) is 5.92 Å². The van der Waals surface area contributed by atoms with Gasteiger partial charge in [0.1, 0.15) is 0 Å². The third-order valence-corrected chi connectivity index (χ3v) is 4.03. The summed E-state index contributed by atoms with van der Waals surface area (Å²) < 4.78 is 0. The summed E-state index contributed by atoms with van der Waals surface area (Å²) in [6.07, 6.45) is 3.22. The fourth-order valence-corrected chi connectivity index (χ4v) is 2.45. The fraction of sp³-hybridized carbons (Fsp3) is 0.562. The van der Waals surface area contributed by atoms with Crippen molar-refractivity contribution >= 4 is 11.6 Å². The number of rotatable bonds is 4. The van der Waals surface area contributed by atoms with Gasteiger partial charge in [-0.3, -0.25) is 4.79 Å². The minimum atomic E-state index is 0.114. The number of carbonyl (C=O) groups is 1. The zero-order valence-corrected chi connectivity index (χ0v) is 11.9. The van der Waals surface area contributed by atoms with Crippen molar-refractivity contribution in [2.24, 2.45) is 5.92 Å². The van der Waals surface area contributed by atoms with E-state index in [4.69, 9.17) is 0 Å². The van der Waals surface area contributed by atoms with Crippen LogP contribution in [0.4, 0.5) is 5.69 Å². The van der Waals surface area contributed by atoms with E-state index in [2.05, 4.69) is 36.6 Å². The van der Waals surface area contributed by atoms with Crippen molar-refractivity contribution in [3.63, 3.8) is 0 Å². The second-order valence-electron chi connectivity index (χ2n) is 5.46. The number of anilines is 1. The molecule has 1 aliphatic rings. The molecule has 2 atom stereocenters. The van der Waals surface area contributed by atoms with Gasteiger partial charge in [0.25, 0.3) is 0 Å². The zero-order chi connectivity index (χ0) is 13.7. The molecule has 1 aromatic rings. The van der Waals surface area contributed by atoms with Crippen LogP contribution in [0.15, 0.2) is 24.3 Å². The molecule has 2 rings (SSSR count). The molecule has 1 aliphatic heterocycles. The molecule has 0 spiro atoms. The lowest BCUT2D eigenvalue weighted by Crippen LogP contribution is -2.37. The molecule has 1 unspecified atom stereocenters. The van der Waals surface area contributed by atoms with Crippen LogP contribution < -0.4 is 10.6 Å². The molecule has 3 heteroatoms. The Kier molecular flexibility index (Phi) is 4.97. The molecule has 19 heavy (non-hydrogen) atoms. The molecule has 0 saturated carbocycles. The van der Waals surface area contributed by atoms with E-state index in [1.54, 1.807) is 0 Å². The standard InChI is InChI=1S/C16H24N2O/c1-3-12(2)13-6-8-15(9-7-13)18-16(19)14-5-4-10-17-11-14/h6-9,12,14,17H,3-5,10-11H2,1-2H3,(H,18,19)/t12?,14-/m0/s1. The minimum Gasteiger partial charge on any atom is -0.326 e. The van der Waals surface area contributed by atoms with Crippen molar-refractivity contribution in [2.75, 3.05) is 18.4 Å². The first-order chi connectivity index (χ1) is 9.20. The molecule has 0 radical (unpaired) electrons. The molecule has 1 heterocycles. The van der Waals surface area contributed by atoms with Crippen LogP contribution in [0.1, 0.15) is 44.6 Å². The Morgan fingerprint density at radius 3 is 2.74 bits per heavy atom. The van der Waals surface area contributed by atoms with Crippen LogP contribution in [0.2, 0.25) is 0 Å². The van der Waals surface area contributed by atoms with Gasteiger partial charge in [-0.05, 0) is 49.4 Å². The predicted molar refractivity (Wildman–Crippen MR) is 79.4 cm³/mol. The number of hydrogen-bond donors (Lipinski definition) is 2. The quantitative estimate of drug-likeness (QED) is 0.873. The molecule has 0 bridgehead atoms. The Morgan fingerprint density at radius 1 is 1.42 bits per heavy atom. The lowest BCUT2D eigenvalue weighted by molar-refractivity contribution is -0.120. The number of nitrogens with one attached hydrogen (secondary N) is 2. The number of amides is 1. The van der Waals surface area contributed by atoms with Crippen molar-refractivity contribution < 1.29 is 4.79 Å². The van der Waals surface area contributed by atoms with E-state index in [1.165, 1.54) is 5.56 Å². The highest BCUT2D eigenvalue weighted by Crippen LogP contribution is 2.21. The summed E-state index contributed by atoms with van der Waals surface area (Å²) >= 11 is 0. The molecule has 3 nitrogen and oxygen atoms in total. The maximum atomic E-state index is 12.1. The lowest BCUT2D eigenvalue weighted by atomic mass is 9.97. The van der Waals surface area contributed by atoms with Crippen molar-refractivity contribution in [1.29, 1.82) is 0 Å². The van der Waals surface area contributed by atoms with Gasteiger partial charge < -0.3 is 10.6 Å². The molecule has 2 N–H and O–H groups in total. The van der Waals surface area contributed by atoms with Gasteiger partial charge in [-0.2, -0.15) is 0 Å². The third-order valence-electron chi connectivity index (χ3n) is 4.03. The number of carbonyl (C=O) groups excluding carboxylic acids is 1. The van der Waals surface area contributed by atoms with Gasteiger partial charge in [-0.25, -0.2) is 0 Å². The van der Waals surface area contributed by atoms with E-state index in [0.29, 0.717) is 5.92 Å². The Morgan fingerprint density at radius 2 is 2.16 bits per heavy atom. The van der Waals surface area contributed by atoms with Gasteiger partial charge >= 0.3 is 0 Å². The first-order valence-corrected chi connectivity index (χ1v) is 7.32. The summed E-state index contributed by atoms with van der Waals surface area (Å²) in [4.78, 5) is 12.1. The Balaban J connectivity index is 1.93. The lowest BCUT2D eigenvalue weighted by Gasteiger charge is -2.22. The summed E-state index contributed by atoms with van der Waals surface area (Å²) in [5.74, 6) is 0.832. The maximum Gasteiger partial charge on any atom is 0.228 e. The van der Waals surface area contributed by atoms with Crippen molar-refractivity contribution in [2.45, 2.75) is 39.0 Å². The minimum absolute atomic E-state index is 0.114. The van der Waals surface area contributed by atoms with Gasteiger partial charge in [0.05, 0.1) is 5.92 Å². The van der Waals surface area contributed by atoms with E-state index >= 15 is 0 Å². The summed E-state index contributed by atoms with van der Waals surface area (Å²) in [5.41, 5.74) is 2.24. The Labute approximate surface area is 115 Å². The van der Waals surface area contributed by atoms with E-state index < -0.39 is 0 Å². The first-order valence-electron chi connectivity index (χ1n) is 7.32. The highest BCUT2D eigenvalue weighted by Gasteiger charge is 2.20. The number of piperidine rings is 1. The Hall–Kier alpha value is -1.35. The Bertz CT molecular complexity index is 407. The summed E-state index contributed by atoms with van der Waals surface area (Å²) in [5, 5.41) is 6.29. The largest absolute Gasteiger partial charge is 0.326 e. The zero-order valence-electron chi connectivity index (χ0n) is 11.9. The normalized spacial score (nSPS) is 20.8. The van der Waals surface area contributed by atoms with E-state index in [1.807, 2.05) is 12.1 Å². The molecule has 1 fully saturated rings. The number of benzene rings is 1. The van der Waals surface area contributed by atoms with Crippen LogP contribution in [0.5, 0.6) is 0 Å². The summed E-state index contributed by atoms with van der Waals surface area (Å²) in [6.45, 7) is 6.25. The summed E-state index contributed by atoms with van der Waals surface area (Å²) in [7, 11) is 0. The fourth-order valence-electron chi connectivity index (χ4n) is 2.45. The van der Waals surface area contributed by atoms with Crippen LogP contribution >= 0.6 is 0 Å². The highest BCUT2D eigenvalue weighted by atomic mass is 16.1. The van der Waals surface area contributed by atoms with Crippen molar-refractivity contribution in [3.8, 4) is 0 Å². The maximum absolute atomic E-state index is 12.1. The highest BCUT2D eigenvalue weighted by molar-refractivity contribution is 5.92. The molecule has 0 aromatic heterocycles. The van der Waals surface area contributed by atoms with Crippen LogP contribution in [0.25, 0.3) is 0 Å². The monoisotopic (exact) mass is 260 g/mol. The molecule has 1 aromatic carbocycles. The summed E-state index contributed by atoms with van der Waals surface area (Å²) in [6, 6.07) is 8.25. The first kappa shape index (κ1) is 14.1. The predicted octanol–water partition coefficient (Wildman–Crippen LogP) is 3.14. The van der Waals surface area contributed by atoms with Crippen molar-refractivity contribution in [3.05, 3.63) is 29.8 Å². The second kappa shape index (κ2) is 6.71. The average Bonchev–Trinajstić information content (AvgIpc) is 2.48. The molecular formula is C16H24N2O. The van der Waals surface area contributed by atoms with E-state index in [0.717, 1.165) is 38.0 Å². The smallest absolute Gasteiger partial charge is 0.228 e. The molecular weight excluding hydrogens is 236 g/mol. The topological polar surface area (TPSA) is 41.1 Å². The van der Waals surface area contributed by atoms with Crippen LogP contribution in [0.3, 0.4) is 0 Å². The average molecular weight is 260 g/mol. The molecule has 1 saturated heterocycles. The molecule has 1 amide bonds. The second-order valence-corrected chi connectivity index (χ2v) is 5.46. The van der Waals surface area contributed by atoms with Crippen molar-refractivity contribution in [1.82, 2.24) is 5.32 Å². The number of hydrogen-bond acceptors (Lipinski definition) is 2. The van der Waals surface area contributed by atoms with E-state index in [-0.39, 0.29) is 11.8 Å². The van der Waals surface area contributed by atoms with E-state index in [9.17, 15) is 4.79 Å². The van der Waals surface area contributed by atoms with Gasteiger partial charge in [0, 0.05) is 12.2 Å². The van der Waals surface area contributed by atoms with Crippen LogP contribution in [-0.2, 0) is 4.79 Å². The van der Waals surface area contributed by atoms with Crippen LogP contribution in [-0.4, -0.2) is 19.0 Å². The van der Waals surface area contributed by atoms with Gasteiger partial charge in [0.2, 0.25) is 5.91 Å².